The minimum atomic E-state index is -3.98. The van der Waals surface area contributed by atoms with E-state index in [2.05, 4.69) is 10.0 Å². The van der Waals surface area contributed by atoms with Gasteiger partial charge in [-0.15, -0.1) is 0 Å². The van der Waals surface area contributed by atoms with Crippen LogP contribution in [-0.4, -0.2) is 32.9 Å². The van der Waals surface area contributed by atoms with Crippen molar-refractivity contribution < 1.29 is 22.7 Å². The zero-order chi connectivity index (χ0) is 24.6. The molecule has 1 atom stereocenters. The third-order valence-electron chi connectivity index (χ3n) is 4.90. The summed E-state index contributed by atoms with van der Waals surface area (Å²) in [4.78, 5) is 24.7. The molecule has 0 spiro atoms. The van der Waals surface area contributed by atoms with Crippen LogP contribution in [0.5, 0.6) is 0 Å². The van der Waals surface area contributed by atoms with E-state index in [1.54, 1.807) is 31.2 Å². The topological polar surface area (TPSA) is 102 Å². The highest BCUT2D eigenvalue weighted by molar-refractivity contribution is 7.89. The molecule has 3 aromatic rings. The Morgan fingerprint density at radius 1 is 0.912 bits per heavy atom. The molecule has 0 radical (unpaired) electrons. The summed E-state index contributed by atoms with van der Waals surface area (Å²) in [5.74, 6) is -0.849. The summed E-state index contributed by atoms with van der Waals surface area (Å²) in [5, 5.41) is 3.15. The minimum Gasteiger partial charge on any atom is -0.466 e. The van der Waals surface area contributed by atoms with Crippen molar-refractivity contribution in [2.24, 2.45) is 0 Å². The molecule has 0 fully saturated rings. The first kappa shape index (κ1) is 25.4. The molecule has 178 valence electrons. The lowest BCUT2D eigenvalue weighted by atomic mass is 10.1. The molecule has 3 aromatic carbocycles. The van der Waals surface area contributed by atoms with Crippen LogP contribution in [0.1, 0.15) is 18.1 Å². The first-order chi connectivity index (χ1) is 16.3. The van der Waals surface area contributed by atoms with Gasteiger partial charge in [-0.05, 0) is 60.9 Å². The first-order valence-electron chi connectivity index (χ1n) is 10.6. The van der Waals surface area contributed by atoms with E-state index in [1.807, 2.05) is 30.3 Å². The average Bonchev–Trinajstić information content (AvgIpc) is 2.81. The maximum Gasteiger partial charge on any atom is 0.310 e. The molecule has 0 saturated heterocycles. The first-order valence-corrected chi connectivity index (χ1v) is 12.5. The van der Waals surface area contributed by atoms with Crippen molar-refractivity contribution in [1.29, 1.82) is 0 Å². The van der Waals surface area contributed by atoms with Crippen molar-refractivity contribution in [3.05, 3.63) is 95.0 Å². The predicted molar refractivity (Wildman–Crippen MR) is 131 cm³/mol. The molecule has 2 N–H and O–H groups in total. The molecular formula is C25H25ClN2O5S. The fourth-order valence-electron chi connectivity index (χ4n) is 3.22. The molecule has 0 aliphatic carbocycles. The number of halogens is 1. The van der Waals surface area contributed by atoms with Gasteiger partial charge in [0.2, 0.25) is 15.9 Å². The highest BCUT2D eigenvalue weighted by atomic mass is 35.5. The standard InChI is InChI=1S/C25H25ClN2O5S/c1-2-33-24(29)17-19-8-12-21(13-9-19)27-25(30)23(16-18-6-4-3-5-7-18)28-34(31,32)22-14-10-20(26)11-15-22/h3-15,23,28H,2,16-17H2,1H3,(H,27,30)/t23-/m0/s1. The van der Waals surface area contributed by atoms with Gasteiger partial charge in [-0.1, -0.05) is 54.1 Å². The number of nitrogens with one attached hydrogen (secondary N) is 2. The summed E-state index contributed by atoms with van der Waals surface area (Å²) in [6.07, 6.45) is 0.278. The van der Waals surface area contributed by atoms with Crippen LogP contribution in [0.2, 0.25) is 5.02 Å². The van der Waals surface area contributed by atoms with Gasteiger partial charge in [0, 0.05) is 10.7 Å². The van der Waals surface area contributed by atoms with Crippen LogP contribution >= 0.6 is 11.6 Å². The lowest BCUT2D eigenvalue weighted by Gasteiger charge is -2.19. The summed E-state index contributed by atoms with van der Waals surface area (Å²) in [5.41, 5.74) is 2.01. The zero-order valence-electron chi connectivity index (χ0n) is 18.5. The minimum absolute atomic E-state index is 0.00563. The number of sulfonamides is 1. The van der Waals surface area contributed by atoms with E-state index in [1.165, 1.54) is 24.3 Å². The molecule has 9 heteroatoms. The van der Waals surface area contributed by atoms with Crippen LogP contribution in [-0.2, 0) is 37.2 Å². The van der Waals surface area contributed by atoms with Crippen molar-refractivity contribution in [2.45, 2.75) is 30.7 Å². The maximum atomic E-state index is 13.1. The molecule has 0 bridgehead atoms. The zero-order valence-corrected chi connectivity index (χ0v) is 20.1. The Morgan fingerprint density at radius 3 is 2.18 bits per heavy atom. The van der Waals surface area contributed by atoms with Crippen LogP contribution in [0.3, 0.4) is 0 Å². The Balaban J connectivity index is 1.76. The molecule has 34 heavy (non-hydrogen) atoms. The van der Waals surface area contributed by atoms with Crippen LogP contribution in [0, 0.1) is 0 Å². The summed E-state index contributed by atoms with van der Waals surface area (Å²) >= 11 is 5.87. The number of hydrogen-bond donors (Lipinski definition) is 2. The summed E-state index contributed by atoms with van der Waals surface area (Å²) < 4.78 is 33.3. The van der Waals surface area contributed by atoms with Gasteiger partial charge in [0.05, 0.1) is 17.9 Å². The number of amides is 1. The van der Waals surface area contributed by atoms with E-state index in [4.69, 9.17) is 16.3 Å². The fraction of sp³-hybridized carbons (Fsp3) is 0.200. The smallest absolute Gasteiger partial charge is 0.310 e. The number of carbonyl (C=O) groups is 2. The Labute approximate surface area is 204 Å². The van der Waals surface area contributed by atoms with Gasteiger partial charge in [-0.2, -0.15) is 4.72 Å². The van der Waals surface area contributed by atoms with E-state index >= 15 is 0 Å². The molecule has 7 nitrogen and oxygen atoms in total. The molecule has 0 aliphatic heterocycles. The van der Waals surface area contributed by atoms with Crippen molar-refractivity contribution in [3.63, 3.8) is 0 Å². The van der Waals surface area contributed by atoms with E-state index < -0.39 is 22.0 Å². The molecule has 0 saturated carbocycles. The van der Waals surface area contributed by atoms with E-state index in [0.717, 1.165) is 11.1 Å². The number of anilines is 1. The van der Waals surface area contributed by atoms with E-state index in [0.29, 0.717) is 17.3 Å². The second-order valence-corrected chi connectivity index (χ2v) is 9.64. The van der Waals surface area contributed by atoms with Crippen LogP contribution in [0.25, 0.3) is 0 Å². The van der Waals surface area contributed by atoms with E-state index in [9.17, 15) is 18.0 Å². The van der Waals surface area contributed by atoms with Gasteiger partial charge in [-0.25, -0.2) is 8.42 Å². The van der Waals surface area contributed by atoms with Gasteiger partial charge >= 0.3 is 5.97 Å². The number of hydrogen-bond acceptors (Lipinski definition) is 5. The summed E-state index contributed by atoms with van der Waals surface area (Å²) in [6, 6.07) is 20.5. The Bertz CT molecular complexity index is 1210. The summed E-state index contributed by atoms with van der Waals surface area (Å²) in [6.45, 7) is 2.05. The normalized spacial score (nSPS) is 12.1. The highest BCUT2D eigenvalue weighted by Gasteiger charge is 2.26. The number of ether oxygens (including phenoxy) is 1. The monoisotopic (exact) mass is 500 g/mol. The molecule has 0 heterocycles. The molecule has 1 amide bonds. The van der Waals surface area contributed by atoms with Crippen LogP contribution in [0.15, 0.2) is 83.8 Å². The lowest BCUT2D eigenvalue weighted by Crippen LogP contribution is -2.45. The Morgan fingerprint density at radius 2 is 1.56 bits per heavy atom. The Hall–Kier alpha value is -3.20. The van der Waals surface area contributed by atoms with Gasteiger partial charge in [0.1, 0.15) is 6.04 Å². The lowest BCUT2D eigenvalue weighted by molar-refractivity contribution is -0.142. The average molecular weight is 501 g/mol. The second-order valence-electron chi connectivity index (χ2n) is 7.49. The predicted octanol–water partition coefficient (Wildman–Crippen LogP) is 3.97. The SMILES string of the molecule is CCOC(=O)Cc1ccc(NC(=O)[C@H](Cc2ccccc2)NS(=O)(=O)c2ccc(Cl)cc2)cc1. The Kier molecular flexibility index (Phi) is 8.81. The fourth-order valence-corrected chi connectivity index (χ4v) is 4.54. The van der Waals surface area contributed by atoms with Gasteiger partial charge in [-0.3, -0.25) is 9.59 Å². The van der Waals surface area contributed by atoms with Crippen LogP contribution < -0.4 is 10.0 Å². The molecule has 3 rings (SSSR count). The second kappa shape index (κ2) is 11.8. The summed E-state index contributed by atoms with van der Waals surface area (Å²) in [7, 11) is -3.98. The third-order valence-corrected chi connectivity index (χ3v) is 6.64. The quantitative estimate of drug-likeness (QED) is 0.410. The van der Waals surface area contributed by atoms with Crippen LogP contribution in [0.4, 0.5) is 5.69 Å². The van der Waals surface area contributed by atoms with Gasteiger partial charge < -0.3 is 10.1 Å². The molecule has 0 aromatic heterocycles. The highest BCUT2D eigenvalue weighted by Crippen LogP contribution is 2.17. The maximum absolute atomic E-state index is 13.1. The van der Waals surface area contributed by atoms with E-state index in [-0.39, 0.29) is 23.7 Å². The molecule has 0 unspecified atom stereocenters. The number of carbonyl (C=O) groups excluding carboxylic acids is 2. The van der Waals surface area contributed by atoms with Crippen molar-refractivity contribution in [2.75, 3.05) is 11.9 Å². The van der Waals surface area contributed by atoms with Crippen molar-refractivity contribution >= 4 is 39.2 Å². The molecular weight excluding hydrogens is 476 g/mol. The largest absolute Gasteiger partial charge is 0.466 e. The van der Waals surface area contributed by atoms with Gasteiger partial charge in [0.25, 0.3) is 0 Å². The molecule has 0 aliphatic rings. The number of esters is 1. The third kappa shape index (κ3) is 7.41. The van der Waals surface area contributed by atoms with Gasteiger partial charge in [0.15, 0.2) is 0 Å². The van der Waals surface area contributed by atoms with Crippen molar-refractivity contribution in [1.82, 2.24) is 4.72 Å². The number of benzene rings is 3. The number of rotatable bonds is 10. The van der Waals surface area contributed by atoms with Crippen molar-refractivity contribution in [3.8, 4) is 0 Å².